The van der Waals surface area contributed by atoms with Crippen LogP contribution in [-0.2, 0) is 17.6 Å². The van der Waals surface area contributed by atoms with Crippen LogP contribution in [-0.4, -0.2) is 17.4 Å². The van der Waals surface area contributed by atoms with E-state index >= 15 is 0 Å². The Morgan fingerprint density at radius 2 is 1.95 bits per heavy atom. The Balaban J connectivity index is 1.44. The van der Waals surface area contributed by atoms with Gasteiger partial charge in [0.05, 0.1) is 0 Å². The van der Waals surface area contributed by atoms with Crippen molar-refractivity contribution in [3.63, 3.8) is 0 Å². The zero-order valence-electron chi connectivity index (χ0n) is 12.3. The molecule has 2 aromatic heterocycles. The number of fused-ring (bicyclic) bond motifs is 1. The average Bonchev–Trinajstić information content (AvgIpc) is 2.97. The van der Waals surface area contributed by atoms with Crippen LogP contribution < -0.4 is 5.32 Å². The number of furan rings is 1. The van der Waals surface area contributed by atoms with Crippen LogP contribution in [0.1, 0.15) is 17.9 Å². The van der Waals surface area contributed by atoms with Crippen molar-refractivity contribution in [2.45, 2.75) is 19.3 Å². The van der Waals surface area contributed by atoms with E-state index in [0.717, 1.165) is 28.8 Å². The first kappa shape index (κ1) is 14.3. The van der Waals surface area contributed by atoms with E-state index in [-0.39, 0.29) is 5.91 Å². The molecule has 0 radical (unpaired) electrons. The minimum atomic E-state index is 0.0383. The molecular formula is C18H18N2O2. The summed E-state index contributed by atoms with van der Waals surface area (Å²) in [5, 5.41) is 3.99. The third kappa shape index (κ3) is 3.73. The molecule has 0 spiro atoms. The van der Waals surface area contributed by atoms with E-state index in [1.165, 1.54) is 0 Å². The van der Waals surface area contributed by atoms with Gasteiger partial charge in [0.1, 0.15) is 11.3 Å². The molecular weight excluding hydrogens is 276 g/mol. The number of carbonyl (C=O) groups is 1. The van der Waals surface area contributed by atoms with E-state index < -0.39 is 0 Å². The van der Waals surface area contributed by atoms with E-state index in [1.54, 1.807) is 6.20 Å². The van der Waals surface area contributed by atoms with Gasteiger partial charge in [0.2, 0.25) is 5.91 Å². The Morgan fingerprint density at radius 3 is 2.77 bits per heavy atom. The molecule has 3 aromatic rings. The Labute approximate surface area is 129 Å². The molecule has 0 aliphatic carbocycles. The summed E-state index contributed by atoms with van der Waals surface area (Å²) in [5.41, 5.74) is 1.85. The molecule has 4 nitrogen and oxygen atoms in total. The van der Waals surface area contributed by atoms with Crippen molar-refractivity contribution < 1.29 is 9.21 Å². The van der Waals surface area contributed by atoms with E-state index in [1.807, 2.05) is 48.5 Å². The van der Waals surface area contributed by atoms with Gasteiger partial charge in [-0.1, -0.05) is 24.3 Å². The van der Waals surface area contributed by atoms with Crippen molar-refractivity contribution in [1.82, 2.24) is 10.3 Å². The van der Waals surface area contributed by atoms with Crippen LogP contribution >= 0.6 is 0 Å². The van der Waals surface area contributed by atoms with Crippen LogP contribution in [0, 0.1) is 0 Å². The number of rotatable bonds is 6. The Kier molecular flexibility index (Phi) is 4.49. The Bertz CT molecular complexity index is 717. The Hall–Kier alpha value is -2.62. The van der Waals surface area contributed by atoms with Crippen LogP contribution in [0.3, 0.4) is 0 Å². The number of para-hydroxylation sites is 1. The molecule has 0 unspecified atom stereocenters. The zero-order valence-corrected chi connectivity index (χ0v) is 12.3. The molecule has 0 fully saturated rings. The minimum absolute atomic E-state index is 0.0383. The highest BCUT2D eigenvalue weighted by molar-refractivity contribution is 5.78. The molecule has 2 heterocycles. The molecule has 0 atom stereocenters. The molecule has 1 amide bonds. The lowest BCUT2D eigenvalue weighted by Crippen LogP contribution is -2.26. The first-order chi connectivity index (χ1) is 10.8. The van der Waals surface area contributed by atoms with Gasteiger partial charge in [0, 0.05) is 43.1 Å². The average molecular weight is 294 g/mol. The summed E-state index contributed by atoms with van der Waals surface area (Å²) >= 11 is 0. The molecule has 112 valence electrons. The molecule has 1 N–H and O–H groups in total. The van der Waals surface area contributed by atoms with Crippen molar-refractivity contribution >= 4 is 16.9 Å². The number of pyridine rings is 1. The van der Waals surface area contributed by atoms with Crippen LogP contribution in [0.15, 0.2) is 59.1 Å². The summed E-state index contributed by atoms with van der Waals surface area (Å²) in [4.78, 5) is 16.1. The molecule has 0 aliphatic rings. The van der Waals surface area contributed by atoms with Crippen molar-refractivity contribution in [1.29, 1.82) is 0 Å². The number of nitrogens with one attached hydrogen (secondary N) is 1. The van der Waals surface area contributed by atoms with Gasteiger partial charge in [-0.15, -0.1) is 0 Å². The summed E-state index contributed by atoms with van der Waals surface area (Å²) in [6, 6.07) is 15.7. The van der Waals surface area contributed by atoms with Gasteiger partial charge >= 0.3 is 0 Å². The monoisotopic (exact) mass is 294 g/mol. The molecule has 0 saturated carbocycles. The number of nitrogens with zero attached hydrogens (tertiary/aromatic N) is 1. The van der Waals surface area contributed by atoms with Gasteiger partial charge in [-0.2, -0.15) is 0 Å². The number of amides is 1. The van der Waals surface area contributed by atoms with Gasteiger partial charge in [-0.05, 0) is 24.3 Å². The van der Waals surface area contributed by atoms with Crippen LogP contribution in [0.4, 0.5) is 0 Å². The lowest BCUT2D eigenvalue weighted by Gasteiger charge is -2.04. The summed E-state index contributed by atoms with van der Waals surface area (Å²) < 4.78 is 5.70. The maximum atomic E-state index is 11.8. The largest absolute Gasteiger partial charge is 0.461 e. The number of carbonyl (C=O) groups excluding carboxylic acids is 1. The Morgan fingerprint density at radius 1 is 1.09 bits per heavy atom. The van der Waals surface area contributed by atoms with Crippen LogP contribution in [0.2, 0.25) is 0 Å². The normalized spacial score (nSPS) is 10.7. The van der Waals surface area contributed by atoms with E-state index in [4.69, 9.17) is 4.42 Å². The first-order valence-corrected chi connectivity index (χ1v) is 7.45. The van der Waals surface area contributed by atoms with E-state index in [2.05, 4.69) is 10.3 Å². The highest BCUT2D eigenvalue weighted by Crippen LogP contribution is 2.19. The second-order valence-corrected chi connectivity index (χ2v) is 5.17. The highest BCUT2D eigenvalue weighted by Gasteiger charge is 2.06. The van der Waals surface area contributed by atoms with Crippen LogP contribution in [0.25, 0.3) is 11.0 Å². The number of hydrogen-bond donors (Lipinski definition) is 1. The van der Waals surface area contributed by atoms with Gasteiger partial charge in [-0.3, -0.25) is 9.78 Å². The SMILES string of the molecule is O=C(CCc1cc2ccccc2o1)NCCc1ccccn1. The maximum absolute atomic E-state index is 11.8. The number of benzene rings is 1. The number of hydrogen-bond acceptors (Lipinski definition) is 3. The molecule has 0 bridgehead atoms. The fourth-order valence-electron chi connectivity index (χ4n) is 2.36. The minimum Gasteiger partial charge on any atom is -0.461 e. The highest BCUT2D eigenvalue weighted by atomic mass is 16.3. The maximum Gasteiger partial charge on any atom is 0.220 e. The summed E-state index contributed by atoms with van der Waals surface area (Å²) in [5.74, 6) is 0.887. The third-order valence-electron chi connectivity index (χ3n) is 3.50. The lowest BCUT2D eigenvalue weighted by molar-refractivity contribution is -0.121. The second kappa shape index (κ2) is 6.89. The van der Waals surface area contributed by atoms with Gasteiger partial charge in [0.25, 0.3) is 0 Å². The number of aromatic nitrogens is 1. The molecule has 1 aromatic carbocycles. The second-order valence-electron chi connectivity index (χ2n) is 5.17. The van der Waals surface area contributed by atoms with Gasteiger partial charge in [-0.25, -0.2) is 0 Å². The fourth-order valence-corrected chi connectivity index (χ4v) is 2.36. The third-order valence-corrected chi connectivity index (χ3v) is 3.50. The molecule has 3 rings (SSSR count). The zero-order chi connectivity index (χ0) is 15.2. The van der Waals surface area contributed by atoms with Gasteiger partial charge < -0.3 is 9.73 Å². The number of aryl methyl sites for hydroxylation is 1. The fraction of sp³-hybridized carbons (Fsp3) is 0.222. The van der Waals surface area contributed by atoms with E-state index in [9.17, 15) is 4.79 Å². The molecule has 4 heteroatoms. The quantitative estimate of drug-likeness (QED) is 0.760. The predicted octanol–water partition coefficient (Wildman–Crippen LogP) is 3.12. The van der Waals surface area contributed by atoms with Crippen molar-refractivity contribution in [2.24, 2.45) is 0 Å². The smallest absolute Gasteiger partial charge is 0.220 e. The summed E-state index contributed by atoms with van der Waals surface area (Å²) in [7, 11) is 0. The summed E-state index contributed by atoms with van der Waals surface area (Å²) in [6.45, 7) is 0.607. The molecule has 0 saturated heterocycles. The van der Waals surface area contributed by atoms with Crippen LogP contribution in [0.5, 0.6) is 0 Å². The van der Waals surface area contributed by atoms with Crippen molar-refractivity contribution in [2.75, 3.05) is 6.54 Å². The molecule has 0 aliphatic heterocycles. The van der Waals surface area contributed by atoms with Crippen molar-refractivity contribution in [3.8, 4) is 0 Å². The van der Waals surface area contributed by atoms with E-state index in [0.29, 0.717) is 19.4 Å². The predicted molar refractivity (Wildman–Crippen MR) is 85.5 cm³/mol. The van der Waals surface area contributed by atoms with Crippen molar-refractivity contribution in [3.05, 3.63) is 66.2 Å². The van der Waals surface area contributed by atoms with Gasteiger partial charge in [0.15, 0.2) is 0 Å². The first-order valence-electron chi connectivity index (χ1n) is 7.45. The topological polar surface area (TPSA) is 55.1 Å². The lowest BCUT2D eigenvalue weighted by atomic mass is 10.2. The summed E-state index contributed by atoms with van der Waals surface area (Å²) in [6.07, 6.45) is 3.56. The standard InChI is InChI=1S/C18H18N2O2/c21-18(20-12-10-15-6-3-4-11-19-15)9-8-16-13-14-5-1-2-7-17(14)22-16/h1-7,11,13H,8-10,12H2,(H,20,21). The molecule has 22 heavy (non-hydrogen) atoms.